The zero-order valence-corrected chi connectivity index (χ0v) is 25.0. The number of hydrogen-bond acceptors (Lipinski definition) is 3. The average Bonchev–Trinajstić information content (AvgIpc) is 2.99. The van der Waals surface area contributed by atoms with Gasteiger partial charge in [0.25, 0.3) is 0 Å². The Morgan fingerprint density at radius 3 is 1.19 bits per heavy atom. The molecule has 4 aromatic rings. The van der Waals surface area contributed by atoms with Crippen LogP contribution >= 0.6 is 0 Å². The monoisotopic (exact) mass is 569 g/mol. The van der Waals surface area contributed by atoms with Crippen LogP contribution in [0.25, 0.3) is 0 Å². The highest BCUT2D eigenvalue weighted by Crippen LogP contribution is 2.54. The summed E-state index contributed by atoms with van der Waals surface area (Å²) >= 11 is 0. The van der Waals surface area contributed by atoms with Crippen molar-refractivity contribution in [2.24, 2.45) is 0 Å². The third kappa shape index (κ3) is 4.12. The van der Waals surface area contributed by atoms with Crippen molar-refractivity contribution in [1.29, 1.82) is 5.26 Å². The molecule has 4 aromatic carbocycles. The maximum absolute atomic E-state index is 16.2. The summed E-state index contributed by atoms with van der Waals surface area (Å²) in [6.45, 7) is 13.5. The van der Waals surface area contributed by atoms with Crippen LogP contribution in [0.5, 0.6) is 0 Å². The molecule has 2 aliphatic rings. The molecule has 0 amide bonds. The molecule has 43 heavy (non-hydrogen) atoms. The highest BCUT2D eigenvalue weighted by atomic mass is 19.1. The van der Waals surface area contributed by atoms with Gasteiger partial charge in [-0.05, 0) is 53.4 Å². The molecule has 0 atom stereocenters. The molecule has 0 N–H and O–H groups in total. The van der Waals surface area contributed by atoms with E-state index < -0.39 is 22.5 Å². The molecular weight excluding hydrogens is 536 g/mol. The minimum Gasteiger partial charge on any atom is -0.306 e. The Hall–Kier alpha value is -4.95. The van der Waals surface area contributed by atoms with Gasteiger partial charge in [-0.3, -0.25) is 0 Å². The summed E-state index contributed by atoms with van der Waals surface area (Å²) in [5.41, 5.74) is 5.70. The van der Waals surface area contributed by atoms with Crippen molar-refractivity contribution in [2.45, 2.75) is 45.4 Å². The fraction of sp³-hybridized carbons (Fsp3) is 0.184. The third-order valence-corrected chi connectivity index (χ3v) is 8.89. The molecule has 214 valence electrons. The maximum atomic E-state index is 16.2. The van der Waals surface area contributed by atoms with E-state index in [4.69, 9.17) is 0 Å². The molecule has 2 aliphatic heterocycles. The topological polar surface area (TPSA) is 30.3 Å². The van der Waals surface area contributed by atoms with Gasteiger partial charge in [0, 0.05) is 10.8 Å². The summed E-state index contributed by atoms with van der Waals surface area (Å²) in [7, 11) is 0. The van der Waals surface area contributed by atoms with E-state index in [0.717, 1.165) is 33.6 Å². The van der Waals surface area contributed by atoms with E-state index in [-0.39, 0.29) is 17.0 Å². The molecule has 5 heteroatoms. The van der Waals surface area contributed by atoms with Gasteiger partial charge in [0.2, 0.25) is 0 Å². The van der Waals surface area contributed by atoms with Crippen LogP contribution in [-0.2, 0) is 10.8 Å². The Bertz CT molecular complexity index is 1800. The number of nitriles is 1. The van der Waals surface area contributed by atoms with E-state index in [1.165, 1.54) is 6.92 Å². The lowest BCUT2D eigenvalue weighted by atomic mass is 9.73. The molecule has 0 saturated heterocycles. The Balaban J connectivity index is 1.70. The summed E-state index contributed by atoms with van der Waals surface area (Å²) < 4.78 is 32.2. The van der Waals surface area contributed by atoms with Crippen LogP contribution in [0, 0.1) is 11.3 Å². The van der Waals surface area contributed by atoms with Crippen molar-refractivity contribution in [1.82, 2.24) is 0 Å². The molecule has 2 heterocycles. The molecule has 0 spiro atoms. The Morgan fingerprint density at radius 2 is 0.907 bits per heavy atom. The number of halogens is 2. The van der Waals surface area contributed by atoms with E-state index in [0.29, 0.717) is 11.4 Å². The normalized spacial score (nSPS) is 16.9. The largest absolute Gasteiger partial charge is 0.306 e. The Kier molecular flexibility index (Phi) is 6.62. The van der Waals surface area contributed by atoms with Gasteiger partial charge < -0.3 is 9.80 Å². The predicted molar refractivity (Wildman–Crippen MR) is 171 cm³/mol. The molecule has 3 nitrogen and oxygen atoms in total. The Labute approximate surface area is 252 Å². The lowest BCUT2D eigenvalue weighted by molar-refractivity contribution is 0.608. The summed E-state index contributed by atoms with van der Waals surface area (Å²) in [4.78, 5) is 3.49. The van der Waals surface area contributed by atoms with Crippen molar-refractivity contribution in [3.8, 4) is 6.07 Å². The lowest BCUT2D eigenvalue weighted by Gasteiger charge is -2.44. The van der Waals surface area contributed by atoms with Gasteiger partial charge in [0.05, 0.1) is 28.4 Å². The van der Waals surface area contributed by atoms with Crippen LogP contribution in [0.3, 0.4) is 0 Å². The summed E-state index contributed by atoms with van der Waals surface area (Å²) in [5, 5.41) is 10.9. The van der Waals surface area contributed by atoms with Gasteiger partial charge in [0.15, 0.2) is 0 Å². The van der Waals surface area contributed by atoms with Crippen molar-refractivity contribution in [2.75, 3.05) is 9.80 Å². The number of fused-ring (bicyclic) bond motifs is 4. The van der Waals surface area contributed by atoms with Crippen LogP contribution < -0.4 is 9.80 Å². The van der Waals surface area contributed by atoms with Gasteiger partial charge in [-0.25, -0.2) is 8.78 Å². The van der Waals surface area contributed by atoms with E-state index in [2.05, 4.69) is 40.3 Å². The first-order chi connectivity index (χ1) is 20.5. The number of rotatable bonds is 4. The van der Waals surface area contributed by atoms with E-state index in [1.54, 1.807) is 9.80 Å². The number of anilines is 4. The van der Waals surface area contributed by atoms with Gasteiger partial charge in [0.1, 0.15) is 29.0 Å². The van der Waals surface area contributed by atoms with Crippen LogP contribution in [0.15, 0.2) is 132 Å². The van der Waals surface area contributed by atoms with Crippen LogP contribution in [-0.4, -0.2) is 0 Å². The highest BCUT2D eigenvalue weighted by molar-refractivity contribution is 5.87. The lowest BCUT2D eigenvalue weighted by Crippen LogP contribution is -2.35. The van der Waals surface area contributed by atoms with Crippen molar-refractivity contribution >= 4 is 22.7 Å². The van der Waals surface area contributed by atoms with E-state index in [1.807, 2.05) is 97.1 Å². The first-order valence-electron chi connectivity index (χ1n) is 14.4. The van der Waals surface area contributed by atoms with Gasteiger partial charge in [-0.15, -0.1) is 0 Å². The number of hydrogen-bond donors (Lipinski definition) is 0. The van der Waals surface area contributed by atoms with Crippen molar-refractivity contribution in [3.05, 3.63) is 155 Å². The zero-order valence-electron chi connectivity index (χ0n) is 25.0. The molecule has 0 bridgehead atoms. The molecule has 0 aromatic heterocycles. The van der Waals surface area contributed by atoms with E-state index in [9.17, 15) is 5.26 Å². The van der Waals surface area contributed by atoms with Crippen LogP contribution in [0.1, 0.15) is 56.9 Å². The molecule has 0 radical (unpaired) electrons. The standard InChI is InChI=1S/C38H33F2N3/c1-24(39)35(42-31-19-11-7-15-27(31)37(3,4)28-16-8-12-20-32(28)42)26(23-41)36(25(2)40)43-33-21-13-9-17-29(33)38(5,6)30-18-10-14-22-34(30)43/h7-22H,1H2,2-6H3/b35-26+,36-25?. The average molecular weight is 570 g/mol. The van der Waals surface area contributed by atoms with Crippen molar-refractivity contribution < 1.29 is 8.78 Å². The highest BCUT2D eigenvalue weighted by Gasteiger charge is 2.42. The second-order valence-corrected chi connectivity index (χ2v) is 12.1. The van der Waals surface area contributed by atoms with Crippen molar-refractivity contribution in [3.63, 3.8) is 0 Å². The summed E-state index contributed by atoms with van der Waals surface area (Å²) in [6, 6.07) is 33.3. The van der Waals surface area contributed by atoms with E-state index >= 15 is 8.78 Å². The molecular formula is C38H33F2N3. The van der Waals surface area contributed by atoms with Crippen LogP contribution in [0.4, 0.5) is 31.5 Å². The molecule has 0 saturated carbocycles. The molecule has 0 unspecified atom stereocenters. The number of allylic oxidation sites excluding steroid dienone is 3. The second-order valence-electron chi connectivity index (χ2n) is 12.1. The molecule has 0 fully saturated rings. The number of benzene rings is 4. The second kappa shape index (κ2) is 10.1. The van der Waals surface area contributed by atoms with Gasteiger partial charge in [-0.2, -0.15) is 5.26 Å². The first kappa shape index (κ1) is 28.2. The quantitative estimate of drug-likeness (QED) is 0.181. The van der Waals surface area contributed by atoms with Gasteiger partial charge in [-0.1, -0.05) is 107 Å². The Morgan fingerprint density at radius 1 is 0.605 bits per heavy atom. The number of nitrogens with zero attached hydrogens (tertiary/aromatic N) is 3. The summed E-state index contributed by atoms with van der Waals surface area (Å²) in [6.07, 6.45) is 0. The maximum Gasteiger partial charge on any atom is 0.141 e. The summed E-state index contributed by atoms with van der Waals surface area (Å²) in [5.74, 6) is -1.45. The molecule has 0 aliphatic carbocycles. The number of para-hydroxylation sites is 4. The minimum atomic E-state index is -0.835. The first-order valence-corrected chi connectivity index (χ1v) is 14.4. The molecule has 6 rings (SSSR count). The fourth-order valence-corrected chi connectivity index (χ4v) is 6.84. The SMILES string of the molecule is C=C(F)/C(=C(/C#N)C(=C(C)F)N1c2ccccc2C(C)(C)c2ccccc21)N1c2ccccc2C(C)(C)c2ccccc21. The van der Waals surface area contributed by atoms with Gasteiger partial charge >= 0.3 is 0 Å². The third-order valence-electron chi connectivity index (χ3n) is 8.89. The minimum absolute atomic E-state index is 0.0218. The smallest absolute Gasteiger partial charge is 0.141 e. The fourth-order valence-electron chi connectivity index (χ4n) is 6.84. The predicted octanol–water partition coefficient (Wildman–Crippen LogP) is 10.4. The zero-order chi connectivity index (χ0) is 30.7. The van der Waals surface area contributed by atoms with Crippen LogP contribution in [0.2, 0.25) is 0 Å².